The number of aliphatic hydroxyl groups excluding tert-OH is 1. The van der Waals surface area contributed by atoms with Gasteiger partial charge in [-0.1, -0.05) is 74.6 Å². The van der Waals surface area contributed by atoms with Crippen LogP contribution in [-0.2, 0) is 9.47 Å². The number of imidazole rings is 1. The second-order valence-electron chi connectivity index (χ2n) is 8.62. The number of benzene rings is 2. The van der Waals surface area contributed by atoms with Gasteiger partial charge in [0, 0.05) is 5.56 Å². The first-order valence-electron chi connectivity index (χ1n) is 11.0. The van der Waals surface area contributed by atoms with Crippen LogP contribution in [-0.4, -0.2) is 77.3 Å². The van der Waals surface area contributed by atoms with Gasteiger partial charge >= 0.3 is 29.6 Å². The minimum absolute atomic E-state index is 0. The van der Waals surface area contributed by atoms with Gasteiger partial charge in [-0.15, -0.1) is 0 Å². The molecule has 2 aliphatic heterocycles. The van der Waals surface area contributed by atoms with Crippen LogP contribution in [0, 0.1) is 0 Å². The van der Waals surface area contributed by atoms with Crippen molar-refractivity contribution in [1.82, 2.24) is 15.0 Å². The summed E-state index contributed by atoms with van der Waals surface area (Å²) >= 11 is 6.55. The molecule has 2 aromatic heterocycles. The van der Waals surface area contributed by atoms with Crippen molar-refractivity contribution in [3.8, 4) is 28.4 Å². The minimum atomic E-state index is -1.42. The second-order valence-corrected chi connectivity index (χ2v) is 9.03. The summed E-state index contributed by atoms with van der Waals surface area (Å²) in [6.07, 6.45) is -1.63. The molecule has 4 heterocycles. The molecule has 2 saturated heterocycles. The van der Waals surface area contributed by atoms with Crippen LogP contribution in [0.3, 0.4) is 0 Å². The summed E-state index contributed by atoms with van der Waals surface area (Å²) in [5, 5.41) is 20.4. The molecule has 182 valence electrons. The van der Waals surface area contributed by atoms with Crippen molar-refractivity contribution < 1.29 is 54.0 Å². The van der Waals surface area contributed by atoms with Crippen molar-refractivity contribution in [3.63, 3.8) is 0 Å². The maximum atomic E-state index is 10.4. The Morgan fingerprint density at radius 2 is 1.72 bits per heavy atom. The van der Waals surface area contributed by atoms with E-state index in [1.54, 1.807) is 6.07 Å². The number of fused-ring (bicyclic) bond motifs is 2. The zero-order valence-corrected chi connectivity index (χ0v) is 21.8. The maximum Gasteiger partial charge on any atom is 1.00 e. The quantitative estimate of drug-likeness (QED) is 0.284. The molecule has 3 N–H and O–H groups in total. The molecule has 36 heavy (non-hydrogen) atoms. The van der Waals surface area contributed by atoms with E-state index in [4.69, 9.17) is 25.8 Å². The van der Waals surface area contributed by atoms with Crippen LogP contribution in [0.15, 0.2) is 60.7 Å². The molecule has 2 fully saturated rings. The Balaban J connectivity index is 0.00000152. The molecule has 2 aliphatic rings. The summed E-state index contributed by atoms with van der Waals surface area (Å²) in [4.78, 5) is 12.2. The summed E-state index contributed by atoms with van der Waals surface area (Å²) in [7, 11) is 0. The molecular weight excluding hydrogens is 492 g/mol. The fourth-order valence-corrected chi connectivity index (χ4v) is 4.81. The Morgan fingerprint density at radius 1 is 1.03 bits per heavy atom. The number of aliphatic hydroxyl groups is 2. The number of rotatable bonds is 5. The van der Waals surface area contributed by atoms with Gasteiger partial charge in [-0.25, -0.2) is 4.98 Å². The van der Waals surface area contributed by atoms with Crippen LogP contribution >= 0.6 is 11.6 Å². The summed E-state index contributed by atoms with van der Waals surface area (Å²) in [5.74, 6) is 0. The predicted molar refractivity (Wildman–Crippen MR) is 137 cm³/mol. The third-order valence-corrected chi connectivity index (χ3v) is 6.66. The first-order valence-corrected chi connectivity index (χ1v) is 11.4. The Kier molecular flexibility index (Phi) is 8.14. The Bertz CT molecular complexity index is 1340. The van der Waals surface area contributed by atoms with Crippen molar-refractivity contribution in [1.29, 1.82) is 0 Å². The van der Waals surface area contributed by atoms with E-state index in [0.717, 1.165) is 16.7 Å². The number of hydrogen-bond donors (Lipinski definition) is 3. The van der Waals surface area contributed by atoms with Crippen LogP contribution in [0.25, 0.3) is 33.5 Å². The summed E-state index contributed by atoms with van der Waals surface area (Å²) in [6.45, 7) is -0.243. The van der Waals surface area contributed by atoms with E-state index in [1.165, 1.54) is 0 Å². The number of halogens is 1. The van der Waals surface area contributed by atoms with Crippen molar-refractivity contribution in [2.24, 2.45) is 0 Å². The topological polar surface area (TPSA) is 110 Å². The largest absolute Gasteiger partial charge is 1.00 e. The molecule has 0 amide bonds. The standard InChI is InChI=1S/C25H22ClN3O5.BH4.Na/c26-17-10-18-23(28-20(17)16-8-6-15(7-9-16)14-4-2-1-3-5-14)29-24(27-18)34-19-11-32-22-21(19)33-13-25(22,31)12-30;;/h1-10,19,21-22,30-31H,11-13H2,(H,27,28,29);1H4;/q;-1;+1/t19-,21-,22+,25-;;/m1../s1. The van der Waals surface area contributed by atoms with E-state index < -0.39 is 30.5 Å². The van der Waals surface area contributed by atoms with E-state index >= 15 is 0 Å². The van der Waals surface area contributed by atoms with Crippen LogP contribution in [0.1, 0.15) is 0 Å². The van der Waals surface area contributed by atoms with Crippen LogP contribution in [0.4, 0.5) is 0 Å². The van der Waals surface area contributed by atoms with Gasteiger partial charge in [0.2, 0.25) is 0 Å². The normalized spacial score (nSPS) is 24.7. The Labute approximate surface area is 236 Å². The second kappa shape index (κ2) is 10.8. The molecule has 0 unspecified atom stereocenters. The number of ether oxygens (including phenoxy) is 3. The molecular formula is C25H26BClN3NaO5. The number of aromatic amines is 1. The third kappa shape index (κ3) is 4.82. The molecule has 11 heteroatoms. The third-order valence-electron chi connectivity index (χ3n) is 6.37. The number of H-pyrrole nitrogens is 1. The van der Waals surface area contributed by atoms with Gasteiger partial charge in [0.1, 0.15) is 17.8 Å². The number of hydrogen-bond acceptors (Lipinski definition) is 7. The van der Waals surface area contributed by atoms with Gasteiger partial charge in [-0.05, 0) is 17.2 Å². The van der Waals surface area contributed by atoms with E-state index in [1.807, 2.05) is 42.5 Å². The maximum absolute atomic E-state index is 10.4. The van der Waals surface area contributed by atoms with Gasteiger partial charge in [-0.3, -0.25) is 0 Å². The summed E-state index contributed by atoms with van der Waals surface area (Å²) in [5.41, 5.74) is 3.44. The molecule has 4 atom stereocenters. The number of nitrogens with one attached hydrogen (secondary N) is 1. The molecule has 0 aliphatic carbocycles. The van der Waals surface area contributed by atoms with Gasteiger partial charge < -0.3 is 29.4 Å². The summed E-state index contributed by atoms with van der Waals surface area (Å²) < 4.78 is 17.3. The van der Waals surface area contributed by atoms with Crippen molar-refractivity contribution in [2.45, 2.75) is 23.9 Å². The van der Waals surface area contributed by atoms with Gasteiger partial charge in [0.05, 0.1) is 36.1 Å². The van der Waals surface area contributed by atoms with E-state index in [0.29, 0.717) is 21.9 Å². The Hall–Kier alpha value is -1.95. The fraction of sp³-hybridized carbons (Fsp3) is 0.280. The molecule has 2 aromatic carbocycles. The van der Waals surface area contributed by atoms with Crippen LogP contribution in [0.5, 0.6) is 6.01 Å². The van der Waals surface area contributed by atoms with E-state index in [2.05, 4.69) is 27.1 Å². The molecule has 8 nitrogen and oxygen atoms in total. The molecule has 4 aromatic rings. The number of pyridine rings is 1. The van der Waals surface area contributed by atoms with Crippen LogP contribution < -0.4 is 34.3 Å². The smallest absolute Gasteiger partial charge is 0.456 e. The fourth-order valence-electron chi connectivity index (χ4n) is 4.55. The minimum Gasteiger partial charge on any atom is -0.456 e. The Morgan fingerprint density at radius 3 is 2.44 bits per heavy atom. The predicted octanol–water partition coefficient (Wildman–Crippen LogP) is -1.23. The average Bonchev–Trinajstić information content (AvgIpc) is 3.55. The van der Waals surface area contributed by atoms with Crippen LogP contribution in [0.2, 0.25) is 5.02 Å². The molecule has 6 rings (SSSR count). The number of nitrogens with zero attached hydrogens (tertiary/aromatic N) is 2. The van der Waals surface area contributed by atoms with E-state index in [9.17, 15) is 10.2 Å². The molecule has 0 spiro atoms. The zero-order chi connectivity index (χ0) is 23.3. The van der Waals surface area contributed by atoms with Gasteiger partial charge in [-0.2, -0.15) is 4.98 Å². The van der Waals surface area contributed by atoms with Gasteiger partial charge in [0.15, 0.2) is 11.8 Å². The van der Waals surface area contributed by atoms with Crippen molar-refractivity contribution in [2.75, 3.05) is 19.8 Å². The van der Waals surface area contributed by atoms with Crippen molar-refractivity contribution >= 4 is 31.2 Å². The first-order chi connectivity index (χ1) is 16.5. The monoisotopic (exact) mass is 517 g/mol. The average molecular weight is 518 g/mol. The molecule has 0 saturated carbocycles. The molecule has 0 radical (unpaired) electrons. The SMILES string of the molecule is OC[C@@]1(O)CO[C@@H]2[C@H](Oc3nc4nc(-c5ccc(-c6ccccc6)cc5)c(Cl)cc4[nH]3)CO[C@@H]21.[BH4-].[Na+]. The van der Waals surface area contributed by atoms with E-state index in [-0.39, 0.29) is 57.2 Å². The molecule has 0 bridgehead atoms. The van der Waals surface area contributed by atoms with Gasteiger partial charge in [0.25, 0.3) is 6.01 Å². The van der Waals surface area contributed by atoms with Crippen molar-refractivity contribution in [3.05, 3.63) is 65.7 Å². The number of aromatic nitrogens is 3. The summed E-state index contributed by atoms with van der Waals surface area (Å²) in [6, 6.07) is 20.2. The zero-order valence-electron chi connectivity index (χ0n) is 19.0. The first kappa shape index (κ1) is 27.1.